The number of allylic oxidation sites excluding steroid dienone is 4. The number of H-pyrrole nitrogens is 1. The van der Waals surface area contributed by atoms with Crippen LogP contribution in [-0.4, -0.2) is 47.2 Å². The van der Waals surface area contributed by atoms with E-state index in [0.29, 0.717) is 18.5 Å². The summed E-state index contributed by atoms with van der Waals surface area (Å²) in [5.74, 6) is 0.111. The van der Waals surface area contributed by atoms with Crippen LogP contribution in [0.2, 0.25) is 5.02 Å². The summed E-state index contributed by atoms with van der Waals surface area (Å²) in [5.41, 5.74) is 10.2. The quantitative estimate of drug-likeness (QED) is 0.201. The molecular formula is C44H39ClN4O2. The molecule has 0 atom stereocenters. The van der Waals surface area contributed by atoms with E-state index < -0.39 is 0 Å². The van der Waals surface area contributed by atoms with Gasteiger partial charge in [0.05, 0.1) is 16.9 Å². The van der Waals surface area contributed by atoms with E-state index in [-0.39, 0.29) is 11.5 Å². The van der Waals surface area contributed by atoms with Crippen LogP contribution >= 0.6 is 11.6 Å². The first-order chi connectivity index (χ1) is 25.0. The highest BCUT2D eigenvalue weighted by atomic mass is 35.5. The van der Waals surface area contributed by atoms with Crippen molar-refractivity contribution >= 4 is 50.3 Å². The zero-order chi connectivity index (χ0) is 34.7. The maximum absolute atomic E-state index is 13.5. The van der Waals surface area contributed by atoms with Crippen LogP contribution in [0.1, 0.15) is 51.9 Å². The lowest BCUT2D eigenvalue weighted by Crippen LogP contribution is -2.48. The number of benzene rings is 5. The molecule has 0 radical (unpaired) electrons. The summed E-state index contributed by atoms with van der Waals surface area (Å²) in [6.45, 7) is 2.94. The number of carbonyl (C=O) groups is 1. The summed E-state index contributed by atoms with van der Waals surface area (Å²) in [7, 11) is 0. The lowest BCUT2D eigenvalue weighted by atomic mass is 9.78. The summed E-state index contributed by atoms with van der Waals surface area (Å²) in [6.07, 6.45) is 11.7. The third-order valence-electron chi connectivity index (χ3n) is 10.4. The van der Waals surface area contributed by atoms with Gasteiger partial charge in [0, 0.05) is 42.5 Å². The average Bonchev–Trinajstić information content (AvgIpc) is 3.18. The Morgan fingerprint density at radius 1 is 0.804 bits per heavy atom. The standard InChI is InChI=1S/C36H33ClN2O.C8H6N2O/c37-33-13-3-4-14-34(33)38-19-21-39(22-20-38)36(40)29-11-5-7-25(24-29)23-28-10-6-9-27-16-17-31-30-12-2-1-8-26(30)15-18-32(31)35(27)28;11-8-7-4-2-1-3-6(7)5-9-10-8/h2-7,9-14,16-17,24H,1,8,15,18-23H2;1-5H,(H,10,11). The predicted molar refractivity (Wildman–Crippen MR) is 209 cm³/mol. The largest absolute Gasteiger partial charge is 0.367 e. The van der Waals surface area contributed by atoms with Gasteiger partial charge in [-0.05, 0) is 101 Å². The zero-order valence-electron chi connectivity index (χ0n) is 28.4. The molecule has 2 heterocycles. The molecule has 1 aromatic heterocycles. The fraction of sp³-hybridized carbons (Fsp3) is 0.205. The van der Waals surface area contributed by atoms with Crippen molar-refractivity contribution < 1.29 is 4.79 Å². The van der Waals surface area contributed by atoms with Gasteiger partial charge in [-0.15, -0.1) is 0 Å². The molecule has 1 fully saturated rings. The van der Waals surface area contributed by atoms with E-state index in [1.165, 1.54) is 51.4 Å². The molecule has 1 aliphatic heterocycles. The number of aromatic nitrogens is 2. The molecule has 9 rings (SSSR count). The number of halogens is 1. The number of hydrogen-bond donors (Lipinski definition) is 1. The minimum absolute atomic E-state index is 0.111. The van der Waals surface area contributed by atoms with Gasteiger partial charge in [-0.1, -0.05) is 102 Å². The Morgan fingerprint density at radius 3 is 2.47 bits per heavy atom. The van der Waals surface area contributed by atoms with Crippen molar-refractivity contribution in [2.24, 2.45) is 0 Å². The monoisotopic (exact) mass is 690 g/mol. The summed E-state index contributed by atoms with van der Waals surface area (Å²) in [4.78, 5) is 28.8. The molecule has 6 nitrogen and oxygen atoms in total. The molecule has 0 unspecified atom stereocenters. The van der Waals surface area contributed by atoms with Crippen molar-refractivity contribution in [3.05, 3.63) is 170 Å². The highest BCUT2D eigenvalue weighted by molar-refractivity contribution is 6.33. The molecule has 3 aliphatic rings. The molecule has 1 amide bonds. The van der Waals surface area contributed by atoms with Gasteiger partial charge in [0.15, 0.2) is 0 Å². The van der Waals surface area contributed by atoms with E-state index in [4.69, 9.17) is 11.6 Å². The van der Waals surface area contributed by atoms with Gasteiger partial charge in [-0.2, -0.15) is 5.10 Å². The van der Waals surface area contributed by atoms with E-state index in [1.54, 1.807) is 17.8 Å². The second kappa shape index (κ2) is 14.4. The second-order valence-corrected chi connectivity index (χ2v) is 13.9. The van der Waals surface area contributed by atoms with E-state index >= 15 is 0 Å². The third-order valence-corrected chi connectivity index (χ3v) is 10.7. The Labute approximate surface area is 302 Å². The Morgan fingerprint density at radius 2 is 1.61 bits per heavy atom. The Balaban J connectivity index is 0.000000289. The number of nitrogens with zero attached hydrogens (tertiary/aromatic N) is 3. The van der Waals surface area contributed by atoms with E-state index in [2.05, 4.69) is 75.8 Å². The SMILES string of the molecule is O=C(c1cccc(Cc2cccc3ccc4c(c23)CCC2=C4C=CCC2)c1)N1CCN(c2ccccc2Cl)CC1.O=c1[nH]ncc2ccccc12. The van der Waals surface area contributed by atoms with Gasteiger partial charge >= 0.3 is 0 Å². The summed E-state index contributed by atoms with van der Waals surface area (Å²) >= 11 is 6.41. The van der Waals surface area contributed by atoms with Crippen molar-refractivity contribution in [2.75, 3.05) is 31.1 Å². The number of rotatable bonds is 4. The van der Waals surface area contributed by atoms with Crippen LogP contribution < -0.4 is 10.5 Å². The first kappa shape index (κ1) is 32.7. The topological polar surface area (TPSA) is 69.3 Å². The number of nitrogens with one attached hydrogen (secondary N) is 1. The highest BCUT2D eigenvalue weighted by Gasteiger charge is 2.24. The Bertz CT molecular complexity index is 2380. The van der Waals surface area contributed by atoms with Crippen molar-refractivity contribution in [3.63, 3.8) is 0 Å². The second-order valence-electron chi connectivity index (χ2n) is 13.5. The number of anilines is 1. The number of para-hydroxylation sites is 1. The molecular weight excluding hydrogens is 652 g/mol. The van der Waals surface area contributed by atoms with Gasteiger partial charge in [-0.3, -0.25) is 9.59 Å². The van der Waals surface area contributed by atoms with Crippen LogP contribution in [0.5, 0.6) is 0 Å². The van der Waals surface area contributed by atoms with Crippen LogP contribution in [-0.2, 0) is 12.8 Å². The number of carbonyl (C=O) groups excluding carboxylic acids is 1. The van der Waals surface area contributed by atoms with Crippen LogP contribution in [0.3, 0.4) is 0 Å². The fourth-order valence-corrected chi connectivity index (χ4v) is 8.09. The van der Waals surface area contributed by atoms with Crippen molar-refractivity contribution in [2.45, 2.75) is 32.1 Å². The van der Waals surface area contributed by atoms with Crippen molar-refractivity contribution in [3.8, 4) is 0 Å². The van der Waals surface area contributed by atoms with Crippen LogP contribution in [0, 0.1) is 0 Å². The lowest BCUT2D eigenvalue weighted by Gasteiger charge is -2.36. The lowest BCUT2D eigenvalue weighted by molar-refractivity contribution is 0.0746. The molecule has 0 saturated carbocycles. The van der Waals surface area contributed by atoms with Gasteiger partial charge in [-0.25, -0.2) is 5.10 Å². The molecule has 2 aliphatic carbocycles. The summed E-state index contributed by atoms with van der Waals surface area (Å²) in [5, 5.41) is 11.1. The van der Waals surface area contributed by atoms with Crippen LogP contribution in [0.25, 0.3) is 27.1 Å². The minimum Gasteiger partial charge on any atom is -0.367 e. The van der Waals surface area contributed by atoms with Gasteiger partial charge in [0.25, 0.3) is 11.5 Å². The molecule has 5 aromatic carbocycles. The van der Waals surface area contributed by atoms with Crippen molar-refractivity contribution in [1.29, 1.82) is 0 Å². The molecule has 254 valence electrons. The van der Waals surface area contributed by atoms with E-state index in [9.17, 15) is 9.59 Å². The number of piperazine rings is 1. The van der Waals surface area contributed by atoms with Gasteiger partial charge in [0.1, 0.15) is 0 Å². The smallest absolute Gasteiger partial charge is 0.272 e. The number of amides is 1. The first-order valence-corrected chi connectivity index (χ1v) is 18.1. The van der Waals surface area contributed by atoms with Crippen LogP contribution in [0.15, 0.2) is 132 Å². The Kier molecular flexibility index (Phi) is 9.25. The molecule has 0 spiro atoms. The first-order valence-electron chi connectivity index (χ1n) is 17.8. The predicted octanol–water partition coefficient (Wildman–Crippen LogP) is 9.02. The maximum Gasteiger partial charge on any atom is 0.272 e. The fourth-order valence-electron chi connectivity index (χ4n) is 7.83. The number of aromatic amines is 1. The van der Waals surface area contributed by atoms with E-state index in [0.717, 1.165) is 54.0 Å². The molecule has 7 heteroatoms. The minimum atomic E-state index is -0.136. The van der Waals surface area contributed by atoms with E-state index in [1.807, 2.05) is 53.4 Å². The average molecular weight is 691 g/mol. The van der Waals surface area contributed by atoms with Crippen molar-refractivity contribution in [1.82, 2.24) is 15.1 Å². The summed E-state index contributed by atoms with van der Waals surface area (Å²) in [6, 6.07) is 34.8. The third kappa shape index (κ3) is 6.72. The number of hydrogen-bond acceptors (Lipinski definition) is 4. The maximum atomic E-state index is 13.5. The molecule has 0 bridgehead atoms. The molecule has 51 heavy (non-hydrogen) atoms. The normalized spacial score (nSPS) is 15.3. The zero-order valence-corrected chi connectivity index (χ0v) is 29.2. The molecule has 6 aromatic rings. The van der Waals surface area contributed by atoms with Crippen LogP contribution in [0.4, 0.5) is 5.69 Å². The van der Waals surface area contributed by atoms with Gasteiger partial charge < -0.3 is 9.80 Å². The number of fused-ring (bicyclic) bond motifs is 5. The highest BCUT2D eigenvalue weighted by Crippen LogP contribution is 2.41. The number of aryl methyl sites for hydroxylation is 1. The molecule has 1 saturated heterocycles. The summed E-state index contributed by atoms with van der Waals surface area (Å²) < 4.78 is 0. The molecule has 1 N–H and O–H groups in total. The Hall–Kier alpha value is -5.46. The van der Waals surface area contributed by atoms with Gasteiger partial charge in [0.2, 0.25) is 0 Å².